The first-order valence-corrected chi connectivity index (χ1v) is 7.27. The van der Waals surface area contributed by atoms with Crippen LogP contribution in [0.2, 0.25) is 0 Å². The van der Waals surface area contributed by atoms with E-state index < -0.39 is 11.7 Å². The number of nitriles is 1. The standard InChI is InChI=1S/C15H19BrN2O3/c1-15(2,3)21-14(19)18(7-8-20-4)13-6-5-12(16)9-11(13)10-17/h5-6,9H,7-8H2,1-4H3. The molecule has 0 unspecified atom stereocenters. The zero-order chi connectivity index (χ0) is 16.0. The molecule has 0 spiro atoms. The Labute approximate surface area is 133 Å². The van der Waals surface area contributed by atoms with Crippen LogP contribution in [-0.4, -0.2) is 32.0 Å². The van der Waals surface area contributed by atoms with Crippen molar-refractivity contribution in [1.82, 2.24) is 0 Å². The van der Waals surface area contributed by atoms with E-state index in [0.717, 1.165) is 4.47 Å². The summed E-state index contributed by atoms with van der Waals surface area (Å²) in [6.07, 6.45) is -0.502. The van der Waals surface area contributed by atoms with Crippen LogP contribution in [0.4, 0.5) is 10.5 Å². The van der Waals surface area contributed by atoms with Crippen molar-refractivity contribution in [1.29, 1.82) is 5.26 Å². The summed E-state index contributed by atoms with van der Waals surface area (Å²) in [4.78, 5) is 13.8. The molecule has 0 radical (unpaired) electrons. The third kappa shape index (κ3) is 5.37. The fraction of sp³-hybridized carbons (Fsp3) is 0.467. The van der Waals surface area contributed by atoms with E-state index in [-0.39, 0.29) is 0 Å². The lowest BCUT2D eigenvalue weighted by Gasteiger charge is -2.27. The lowest BCUT2D eigenvalue weighted by atomic mass is 10.1. The molecule has 0 saturated carbocycles. The minimum Gasteiger partial charge on any atom is -0.443 e. The van der Waals surface area contributed by atoms with E-state index in [1.54, 1.807) is 46.1 Å². The molecule has 5 nitrogen and oxygen atoms in total. The molecule has 0 fully saturated rings. The Bertz CT molecular complexity index is 547. The highest BCUT2D eigenvalue weighted by atomic mass is 79.9. The Morgan fingerprint density at radius 3 is 2.62 bits per heavy atom. The van der Waals surface area contributed by atoms with E-state index in [1.165, 1.54) is 4.90 Å². The smallest absolute Gasteiger partial charge is 0.414 e. The Morgan fingerprint density at radius 2 is 2.10 bits per heavy atom. The van der Waals surface area contributed by atoms with E-state index in [1.807, 2.05) is 0 Å². The molecule has 1 amide bonds. The maximum atomic E-state index is 12.3. The van der Waals surface area contributed by atoms with E-state index in [2.05, 4.69) is 22.0 Å². The molecule has 0 aliphatic rings. The third-order valence-electron chi connectivity index (χ3n) is 2.50. The normalized spacial score (nSPS) is 10.9. The fourth-order valence-electron chi connectivity index (χ4n) is 1.64. The van der Waals surface area contributed by atoms with Gasteiger partial charge in [-0.1, -0.05) is 15.9 Å². The maximum absolute atomic E-state index is 12.3. The van der Waals surface area contributed by atoms with Gasteiger partial charge in [0.05, 0.1) is 24.4 Å². The molecule has 1 aromatic rings. The largest absolute Gasteiger partial charge is 0.443 e. The van der Waals surface area contributed by atoms with Crippen LogP contribution in [0.3, 0.4) is 0 Å². The topological polar surface area (TPSA) is 62.6 Å². The van der Waals surface area contributed by atoms with Gasteiger partial charge in [0.2, 0.25) is 0 Å². The van der Waals surface area contributed by atoms with Gasteiger partial charge in [-0.15, -0.1) is 0 Å². The van der Waals surface area contributed by atoms with E-state index in [0.29, 0.717) is 24.4 Å². The summed E-state index contributed by atoms with van der Waals surface area (Å²) in [6, 6.07) is 7.25. The Balaban J connectivity index is 3.14. The van der Waals surface area contributed by atoms with E-state index >= 15 is 0 Å². The summed E-state index contributed by atoms with van der Waals surface area (Å²) in [5, 5.41) is 9.25. The van der Waals surface area contributed by atoms with Gasteiger partial charge in [0.25, 0.3) is 0 Å². The second-order valence-corrected chi connectivity index (χ2v) is 6.31. The molecular weight excluding hydrogens is 336 g/mol. The molecule has 0 aliphatic heterocycles. The minimum absolute atomic E-state index is 0.307. The average Bonchev–Trinajstić information content (AvgIpc) is 2.38. The summed E-state index contributed by atoms with van der Waals surface area (Å²) in [6.45, 7) is 6.05. The molecule has 0 N–H and O–H groups in total. The van der Waals surface area contributed by atoms with E-state index in [4.69, 9.17) is 9.47 Å². The van der Waals surface area contributed by atoms with Gasteiger partial charge in [0.1, 0.15) is 11.7 Å². The molecule has 0 bridgehead atoms. The van der Waals surface area contributed by atoms with Crippen LogP contribution in [0, 0.1) is 11.3 Å². The predicted molar refractivity (Wildman–Crippen MR) is 84.3 cm³/mol. The number of rotatable bonds is 4. The van der Waals surface area contributed by atoms with Crippen LogP contribution >= 0.6 is 15.9 Å². The van der Waals surface area contributed by atoms with E-state index in [9.17, 15) is 10.1 Å². The molecule has 0 saturated heterocycles. The first-order valence-electron chi connectivity index (χ1n) is 6.47. The number of carbonyl (C=O) groups is 1. The minimum atomic E-state index is -0.607. The number of hydrogen-bond donors (Lipinski definition) is 0. The first-order chi connectivity index (χ1) is 9.78. The summed E-state index contributed by atoms with van der Waals surface area (Å²) in [5.41, 5.74) is 0.295. The number of anilines is 1. The zero-order valence-corrected chi connectivity index (χ0v) is 14.2. The molecule has 114 valence electrons. The highest BCUT2D eigenvalue weighted by molar-refractivity contribution is 9.10. The summed E-state index contributed by atoms with van der Waals surface area (Å²) < 4.78 is 11.2. The van der Waals surface area contributed by atoms with Gasteiger partial charge >= 0.3 is 6.09 Å². The second-order valence-electron chi connectivity index (χ2n) is 5.40. The summed E-state index contributed by atoms with van der Waals surface area (Å²) in [5.74, 6) is 0. The first kappa shape index (κ1) is 17.5. The van der Waals surface area contributed by atoms with Gasteiger partial charge in [-0.25, -0.2) is 4.79 Å². The van der Waals surface area contributed by atoms with Crippen molar-refractivity contribution in [3.05, 3.63) is 28.2 Å². The quantitative estimate of drug-likeness (QED) is 0.826. The number of halogens is 1. The number of nitrogens with zero attached hydrogens (tertiary/aromatic N) is 2. The van der Waals surface area contributed by atoms with Crippen LogP contribution in [-0.2, 0) is 9.47 Å². The van der Waals surface area contributed by atoms with Crippen molar-refractivity contribution in [2.24, 2.45) is 0 Å². The highest BCUT2D eigenvalue weighted by Crippen LogP contribution is 2.25. The van der Waals surface area contributed by atoms with Crippen molar-refractivity contribution in [3.8, 4) is 6.07 Å². The number of ether oxygens (including phenoxy) is 2. The van der Waals surface area contributed by atoms with Crippen molar-refractivity contribution in [3.63, 3.8) is 0 Å². The van der Waals surface area contributed by atoms with Crippen LogP contribution in [0.1, 0.15) is 26.3 Å². The molecule has 0 atom stereocenters. The molecule has 21 heavy (non-hydrogen) atoms. The van der Waals surface area contributed by atoms with Crippen molar-refractivity contribution in [2.45, 2.75) is 26.4 Å². The van der Waals surface area contributed by atoms with Crippen molar-refractivity contribution >= 4 is 27.7 Å². The molecular formula is C15H19BrN2O3. The number of amides is 1. The molecule has 1 aromatic carbocycles. The average molecular weight is 355 g/mol. The molecule has 0 heterocycles. The van der Waals surface area contributed by atoms with Gasteiger partial charge in [-0.2, -0.15) is 5.26 Å². The van der Waals surface area contributed by atoms with Crippen LogP contribution in [0.5, 0.6) is 0 Å². The van der Waals surface area contributed by atoms with Gasteiger partial charge in [-0.3, -0.25) is 4.90 Å². The van der Waals surface area contributed by atoms with Gasteiger partial charge in [0, 0.05) is 11.6 Å². The predicted octanol–water partition coefficient (Wildman–Crippen LogP) is 3.71. The Morgan fingerprint density at radius 1 is 1.43 bits per heavy atom. The summed E-state index contributed by atoms with van der Waals surface area (Å²) in [7, 11) is 1.56. The molecule has 0 aromatic heterocycles. The van der Waals surface area contributed by atoms with Gasteiger partial charge in [0.15, 0.2) is 0 Å². The molecule has 0 aliphatic carbocycles. The molecule has 1 rings (SSSR count). The summed E-state index contributed by atoms with van der Waals surface area (Å²) >= 11 is 3.31. The maximum Gasteiger partial charge on any atom is 0.414 e. The van der Waals surface area contributed by atoms with Crippen LogP contribution < -0.4 is 4.90 Å². The number of methoxy groups -OCH3 is 1. The molecule has 6 heteroatoms. The third-order valence-corrected chi connectivity index (χ3v) is 3.00. The highest BCUT2D eigenvalue weighted by Gasteiger charge is 2.25. The van der Waals surface area contributed by atoms with Crippen LogP contribution in [0.15, 0.2) is 22.7 Å². The zero-order valence-electron chi connectivity index (χ0n) is 12.6. The van der Waals surface area contributed by atoms with Gasteiger partial charge in [-0.05, 0) is 39.0 Å². The SMILES string of the molecule is COCCN(C(=O)OC(C)(C)C)c1ccc(Br)cc1C#N. The number of carbonyl (C=O) groups excluding carboxylic acids is 1. The fourth-order valence-corrected chi connectivity index (χ4v) is 2.00. The lowest BCUT2D eigenvalue weighted by Crippen LogP contribution is -2.39. The number of hydrogen-bond acceptors (Lipinski definition) is 4. The van der Waals surface area contributed by atoms with Crippen molar-refractivity contribution < 1.29 is 14.3 Å². The Kier molecular flexibility index (Phi) is 6.19. The Hall–Kier alpha value is -1.58. The van der Waals surface area contributed by atoms with Crippen molar-refractivity contribution in [2.75, 3.05) is 25.2 Å². The number of benzene rings is 1. The van der Waals surface area contributed by atoms with Crippen LogP contribution in [0.25, 0.3) is 0 Å². The lowest BCUT2D eigenvalue weighted by molar-refractivity contribution is 0.0569. The monoisotopic (exact) mass is 354 g/mol. The second kappa shape index (κ2) is 7.43. The van der Waals surface area contributed by atoms with Gasteiger partial charge < -0.3 is 9.47 Å².